The molecule has 7 nitrogen and oxygen atoms in total. The van der Waals surface area contributed by atoms with Crippen LogP contribution in [0.4, 0.5) is 5.69 Å². The summed E-state index contributed by atoms with van der Waals surface area (Å²) in [5.41, 5.74) is 0.981. The average Bonchev–Trinajstić information content (AvgIpc) is 2.89. The van der Waals surface area contributed by atoms with E-state index in [-0.39, 0.29) is 38.7 Å². The first-order valence-electron chi connectivity index (χ1n) is 11.9. The number of carbonyl (C=O) groups is 2. The van der Waals surface area contributed by atoms with Gasteiger partial charge >= 0.3 is 0 Å². The van der Waals surface area contributed by atoms with Crippen LogP contribution >= 0.6 is 23.2 Å². The van der Waals surface area contributed by atoms with Gasteiger partial charge in [-0.15, -0.1) is 0 Å². The molecular weight excluding hydrogens is 535 g/mol. The Balaban J connectivity index is 1.41. The SMILES string of the molecule is O=C(COc1ccc(S(=O)(=O)NC2CCCCC2)cc1Cl)Nc1ccc(Cl)cc1C(=O)c1ccccc1. The van der Waals surface area contributed by atoms with Gasteiger partial charge in [0.25, 0.3) is 5.91 Å². The van der Waals surface area contributed by atoms with Crippen molar-refractivity contribution in [3.05, 3.63) is 87.9 Å². The summed E-state index contributed by atoms with van der Waals surface area (Å²) in [6.45, 7) is -0.409. The molecule has 37 heavy (non-hydrogen) atoms. The maximum Gasteiger partial charge on any atom is 0.262 e. The number of benzene rings is 3. The van der Waals surface area contributed by atoms with E-state index in [0.29, 0.717) is 10.6 Å². The van der Waals surface area contributed by atoms with Crippen LogP contribution in [-0.4, -0.2) is 32.8 Å². The lowest BCUT2D eigenvalue weighted by Crippen LogP contribution is -2.36. The van der Waals surface area contributed by atoms with Gasteiger partial charge in [0, 0.05) is 22.2 Å². The topological polar surface area (TPSA) is 102 Å². The smallest absolute Gasteiger partial charge is 0.262 e. The second kappa shape index (κ2) is 12.1. The normalized spacial score (nSPS) is 14.2. The van der Waals surface area contributed by atoms with E-state index in [2.05, 4.69) is 10.0 Å². The van der Waals surface area contributed by atoms with Crippen LogP contribution in [0.5, 0.6) is 5.75 Å². The number of halogens is 2. The molecule has 0 bridgehead atoms. The van der Waals surface area contributed by atoms with Crippen molar-refractivity contribution < 1.29 is 22.7 Å². The molecule has 194 valence electrons. The minimum Gasteiger partial charge on any atom is -0.482 e. The highest BCUT2D eigenvalue weighted by molar-refractivity contribution is 7.89. The average molecular weight is 561 g/mol. The van der Waals surface area contributed by atoms with E-state index in [1.54, 1.807) is 42.5 Å². The van der Waals surface area contributed by atoms with Crippen molar-refractivity contribution in [3.8, 4) is 5.75 Å². The molecule has 0 spiro atoms. The van der Waals surface area contributed by atoms with Gasteiger partial charge in [0.15, 0.2) is 12.4 Å². The summed E-state index contributed by atoms with van der Waals surface area (Å²) < 4.78 is 33.7. The number of nitrogens with one attached hydrogen (secondary N) is 2. The lowest BCUT2D eigenvalue weighted by molar-refractivity contribution is -0.118. The fourth-order valence-corrected chi connectivity index (χ4v) is 5.96. The largest absolute Gasteiger partial charge is 0.482 e. The molecule has 0 heterocycles. The minimum atomic E-state index is -3.72. The number of sulfonamides is 1. The molecule has 0 aromatic heterocycles. The van der Waals surface area contributed by atoms with Gasteiger partial charge in [0.1, 0.15) is 5.75 Å². The van der Waals surface area contributed by atoms with E-state index in [1.807, 2.05) is 0 Å². The predicted molar refractivity (Wildman–Crippen MR) is 144 cm³/mol. The highest BCUT2D eigenvalue weighted by Crippen LogP contribution is 2.29. The minimum absolute atomic E-state index is 0.0325. The number of amides is 1. The summed E-state index contributed by atoms with van der Waals surface area (Å²) in [6.07, 6.45) is 4.75. The van der Waals surface area contributed by atoms with Crippen LogP contribution in [0.15, 0.2) is 71.6 Å². The number of hydrogen-bond acceptors (Lipinski definition) is 5. The maximum atomic E-state index is 13.0. The third-order valence-corrected chi connectivity index (χ3v) is 8.08. The summed E-state index contributed by atoms with van der Waals surface area (Å²) in [7, 11) is -3.72. The highest BCUT2D eigenvalue weighted by atomic mass is 35.5. The van der Waals surface area contributed by atoms with Gasteiger partial charge < -0.3 is 10.1 Å². The first-order chi connectivity index (χ1) is 17.7. The van der Waals surface area contributed by atoms with Crippen molar-refractivity contribution in [3.63, 3.8) is 0 Å². The first-order valence-corrected chi connectivity index (χ1v) is 14.1. The van der Waals surface area contributed by atoms with E-state index >= 15 is 0 Å². The van der Waals surface area contributed by atoms with E-state index in [4.69, 9.17) is 27.9 Å². The van der Waals surface area contributed by atoms with Crippen LogP contribution in [0.25, 0.3) is 0 Å². The monoisotopic (exact) mass is 560 g/mol. The number of ketones is 1. The lowest BCUT2D eigenvalue weighted by Gasteiger charge is -2.22. The number of hydrogen-bond donors (Lipinski definition) is 2. The molecule has 0 saturated heterocycles. The Morgan fingerprint density at radius 1 is 0.919 bits per heavy atom. The van der Waals surface area contributed by atoms with Gasteiger partial charge in [0.2, 0.25) is 10.0 Å². The van der Waals surface area contributed by atoms with Crippen molar-refractivity contribution in [2.45, 2.75) is 43.0 Å². The molecule has 3 aromatic rings. The molecule has 1 aliphatic rings. The van der Waals surface area contributed by atoms with Crippen LogP contribution < -0.4 is 14.8 Å². The molecule has 0 unspecified atom stereocenters. The molecule has 1 saturated carbocycles. The van der Waals surface area contributed by atoms with Crippen LogP contribution in [0.1, 0.15) is 48.0 Å². The van der Waals surface area contributed by atoms with Crippen LogP contribution in [0.3, 0.4) is 0 Å². The third-order valence-electron chi connectivity index (χ3n) is 6.04. The molecule has 2 N–H and O–H groups in total. The summed E-state index contributed by atoms with van der Waals surface area (Å²) in [4.78, 5) is 25.6. The van der Waals surface area contributed by atoms with Crippen molar-refractivity contribution in [2.75, 3.05) is 11.9 Å². The molecule has 1 fully saturated rings. The Bertz CT molecular complexity index is 1390. The van der Waals surface area contributed by atoms with Crippen LogP contribution in [-0.2, 0) is 14.8 Å². The van der Waals surface area contributed by atoms with Crippen molar-refractivity contribution >= 4 is 50.6 Å². The van der Waals surface area contributed by atoms with E-state index in [1.165, 1.54) is 24.3 Å². The Morgan fingerprint density at radius 2 is 1.65 bits per heavy atom. The molecule has 0 aliphatic heterocycles. The summed E-state index contributed by atoms with van der Waals surface area (Å²) in [6, 6.07) is 17.3. The first kappa shape index (κ1) is 27.1. The molecule has 4 rings (SSSR count). The molecule has 1 aliphatic carbocycles. The lowest BCUT2D eigenvalue weighted by atomic mass is 9.96. The zero-order chi connectivity index (χ0) is 26.4. The van der Waals surface area contributed by atoms with Gasteiger partial charge in [-0.2, -0.15) is 0 Å². The van der Waals surface area contributed by atoms with Crippen LogP contribution in [0.2, 0.25) is 10.0 Å². The Kier molecular flexibility index (Phi) is 8.87. The van der Waals surface area contributed by atoms with Gasteiger partial charge in [-0.1, -0.05) is 72.8 Å². The standard InChI is InChI=1S/C27H26Cl2N2O5S/c28-19-11-13-24(22(15-19)27(33)18-7-3-1-4-8-18)30-26(32)17-36-25-14-12-21(16-23(25)29)37(34,35)31-20-9-5-2-6-10-20/h1,3-4,7-8,11-16,20,31H,2,5-6,9-10,17H2,(H,30,32). The molecule has 3 aromatic carbocycles. The van der Waals surface area contributed by atoms with E-state index in [0.717, 1.165) is 32.1 Å². The van der Waals surface area contributed by atoms with Crippen molar-refractivity contribution in [1.82, 2.24) is 4.72 Å². The summed E-state index contributed by atoms with van der Waals surface area (Å²) in [5, 5.41) is 3.08. The Morgan fingerprint density at radius 3 is 2.35 bits per heavy atom. The summed E-state index contributed by atoms with van der Waals surface area (Å²) in [5.74, 6) is -0.665. The Hall–Kier alpha value is -2.91. The third kappa shape index (κ3) is 7.11. The van der Waals surface area contributed by atoms with Gasteiger partial charge in [-0.25, -0.2) is 13.1 Å². The van der Waals surface area contributed by atoms with Gasteiger partial charge in [-0.3, -0.25) is 9.59 Å². The molecule has 0 radical (unpaired) electrons. The number of rotatable bonds is 9. The second-order valence-electron chi connectivity index (χ2n) is 8.77. The highest BCUT2D eigenvalue weighted by Gasteiger charge is 2.23. The zero-order valence-electron chi connectivity index (χ0n) is 19.9. The van der Waals surface area contributed by atoms with Gasteiger partial charge in [0.05, 0.1) is 15.6 Å². The second-order valence-corrected chi connectivity index (χ2v) is 11.3. The van der Waals surface area contributed by atoms with E-state index < -0.39 is 22.5 Å². The number of anilines is 1. The Labute approximate surface area is 226 Å². The fraction of sp³-hybridized carbons (Fsp3) is 0.259. The summed E-state index contributed by atoms with van der Waals surface area (Å²) >= 11 is 12.4. The maximum absolute atomic E-state index is 13.0. The quantitative estimate of drug-likeness (QED) is 0.319. The number of ether oxygens (including phenoxy) is 1. The predicted octanol–water partition coefficient (Wildman–Crippen LogP) is 5.85. The van der Waals surface area contributed by atoms with E-state index in [9.17, 15) is 18.0 Å². The van der Waals surface area contributed by atoms with Crippen molar-refractivity contribution in [1.29, 1.82) is 0 Å². The van der Waals surface area contributed by atoms with Crippen molar-refractivity contribution in [2.24, 2.45) is 0 Å². The van der Waals surface area contributed by atoms with Crippen LogP contribution in [0, 0.1) is 0 Å². The van der Waals surface area contributed by atoms with Gasteiger partial charge in [-0.05, 0) is 49.2 Å². The molecule has 10 heteroatoms. The molecule has 1 amide bonds. The molecular formula is C27H26Cl2N2O5S. The molecule has 0 atom stereocenters. The number of carbonyl (C=O) groups excluding carboxylic acids is 2. The zero-order valence-corrected chi connectivity index (χ0v) is 22.2. The fourth-order valence-electron chi connectivity index (χ4n) is 4.16.